The Balaban J connectivity index is 0.000000545. The first-order valence-corrected chi connectivity index (χ1v) is 8.41. The van der Waals surface area contributed by atoms with Gasteiger partial charge in [0.25, 0.3) is 0 Å². The SMILES string of the molecule is CCC.Clc1ccc(-c2noc(CN3CCCCC3)n2)cc1. The lowest BCUT2D eigenvalue weighted by Crippen LogP contribution is -2.29. The molecule has 1 aliphatic heterocycles. The summed E-state index contributed by atoms with van der Waals surface area (Å²) in [6.45, 7) is 7.25. The summed E-state index contributed by atoms with van der Waals surface area (Å²) in [7, 11) is 0. The number of halogens is 1. The van der Waals surface area contributed by atoms with E-state index >= 15 is 0 Å². The molecule has 0 N–H and O–H groups in total. The summed E-state index contributed by atoms with van der Waals surface area (Å²) in [5, 5.41) is 4.73. The molecule has 4 nitrogen and oxygen atoms in total. The maximum atomic E-state index is 5.86. The molecule has 0 atom stereocenters. The van der Waals surface area contributed by atoms with Crippen LogP contribution in [0.15, 0.2) is 28.8 Å². The Hall–Kier alpha value is -1.39. The van der Waals surface area contributed by atoms with Gasteiger partial charge in [0.1, 0.15) is 0 Å². The number of benzene rings is 1. The molecule has 2 heterocycles. The fourth-order valence-corrected chi connectivity index (χ4v) is 2.47. The predicted octanol–water partition coefficient (Wildman–Crippen LogP) is 4.79. The minimum absolute atomic E-state index is 0.628. The normalized spacial score (nSPS) is 15.2. The van der Waals surface area contributed by atoms with Crippen LogP contribution in [0.5, 0.6) is 0 Å². The van der Waals surface area contributed by atoms with E-state index in [2.05, 4.69) is 28.9 Å². The van der Waals surface area contributed by atoms with Crippen molar-refractivity contribution in [3.05, 3.63) is 35.2 Å². The van der Waals surface area contributed by atoms with E-state index in [1.165, 1.54) is 25.7 Å². The molecule has 120 valence electrons. The zero-order valence-electron chi connectivity index (χ0n) is 13.4. The smallest absolute Gasteiger partial charge is 0.241 e. The van der Waals surface area contributed by atoms with Crippen molar-refractivity contribution in [2.45, 2.75) is 46.1 Å². The molecule has 0 unspecified atom stereocenters. The van der Waals surface area contributed by atoms with Crippen LogP contribution in [0.25, 0.3) is 11.4 Å². The van der Waals surface area contributed by atoms with Crippen molar-refractivity contribution in [3.63, 3.8) is 0 Å². The number of hydrogen-bond acceptors (Lipinski definition) is 4. The first-order chi connectivity index (χ1) is 10.7. The summed E-state index contributed by atoms with van der Waals surface area (Å²) in [4.78, 5) is 6.81. The van der Waals surface area contributed by atoms with Crippen LogP contribution in [-0.4, -0.2) is 28.1 Å². The van der Waals surface area contributed by atoms with Gasteiger partial charge in [0, 0.05) is 10.6 Å². The van der Waals surface area contributed by atoms with Gasteiger partial charge >= 0.3 is 0 Å². The van der Waals surface area contributed by atoms with Crippen molar-refractivity contribution in [2.75, 3.05) is 13.1 Å². The number of likely N-dealkylation sites (tertiary alicyclic amines) is 1. The van der Waals surface area contributed by atoms with Crippen LogP contribution in [0.1, 0.15) is 45.4 Å². The monoisotopic (exact) mass is 321 g/mol. The molecule has 0 radical (unpaired) electrons. The number of rotatable bonds is 3. The van der Waals surface area contributed by atoms with E-state index in [1.807, 2.05) is 24.3 Å². The molecule has 22 heavy (non-hydrogen) atoms. The summed E-state index contributed by atoms with van der Waals surface area (Å²) < 4.78 is 5.32. The average Bonchev–Trinajstić information content (AvgIpc) is 2.98. The van der Waals surface area contributed by atoms with E-state index < -0.39 is 0 Å². The molecule has 0 amide bonds. The minimum Gasteiger partial charge on any atom is -0.338 e. The number of aromatic nitrogens is 2. The maximum Gasteiger partial charge on any atom is 0.241 e. The van der Waals surface area contributed by atoms with Crippen LogP contribution in [0.3, 0.4) is 0 Å². The van der Waals surface area contributed by atoms with E-state index in [-0.39, 0.29) is 0 Å². The second-order valence-electron chi connectivity index (χ2n) is 5.56. The first kappa shape index (κ1) is 17.0. The molecule has 0 aliphatic carbocycles. The average molecular weight is 322 g/mol. The lowest BCUT2D eigenvalue weighted by molar-refractivity contribution is 0.193. The highest BCUT2D eigenvalue weighted by atomic mass is 35.5. The summed E-state index contributed by atoms with van der Waals surface area (Å²) in [5.74, 6) is 1.32. The molecule has 1 aromatic carbocycles. The molecule has 3 rings (SSSR count). The summed E-state index contributed by atoms with van der Waals surface area (Å²) in [6.07, 6.45) is 5.10. The highest BCUT2D eigenvalue weighted by Gasteiger charge is 2.15. The Labute approximate surface area is 137 Å². The van der Waals surface area contributed by atoms with Crippen molar-refractivity contribution in [3.8, 4) is 11.4 Å². The topological polar surface area (TPSA) is 42.2 Å². The number of hydrogen-bond donors (Lipinski definition) is 0. The molecule has 1 aliphatic rings. The third-order valence-electron chi connectivity index (χ3n) is 3.38. The van der Waals surface area contributed by atoms with Crippen molar-refractivity contribution >= 4 is 11.6 Å². The molecule has 1 aromatic heterocycles. The van der Waals surface area contributed by atoms with E-state index in [1.54, 1.807) is 0 Å². The summed E-state index contributed by atoms with van der Waals surface area (Å²) >= 11 is 5.86. The fraction of sp³-hybridized carbons (Fsp3) is 0.529. The third kappa shape index (κ3) is 5.11. The zero-order chi connectivity index (χ0) is 15.8. The van der Waals surface area contributed by atoms with Gasteiger partial charge in [0.2, 0.25) is 11.7 Å². The Morgan fingerprint density at radius 1 is 1.09 bits per heavy atom. The Morgan fingerprint density at radius 3 is 2.36 bits per heavy atom. The van der Waals surface area contributed by atoms with Crippen LogP contribution in [0.2, 0.25) is 5.02 Å². The van der Waals surface area contributed by atoms with Gasteiger partial charge in [-0.15, -0.1) is 0 Å². The standard InChI is InChI=1S/C14H16ClN3O.C3H8/c15-12-6-4-11(5-7-12)14-16-13(19-17-14)10-18-8-2-1-3-9-18;1-3-2/h4-7H,1-3,8-10H2;3H2,1-2H3. The fourth-order valence-electron chi connectivity index (χ4n) is 2.34. The molecular weight excluding hydrogens is 298 g/mol. The largest absolute Gasteiger partial charge is 0.338 e. The van der Waals surface area contributed by atoms with Gasteiger partial charge in [-0.2, -0.15) is 4.98 Å². The lowest BCUT2D eigenvalue weighted by Gasteiger charge is -2.24. The Bertz CT molecular complexity index is 547. The quantitative estimate of drug-likeness (QED) is 0.815. The molecule has 2 aromatic rings. The van der Waals surface area contributed by atoms with Crippen LogP contribution in [-0.2, 0) is 6.54 Å². The molecule has 0 saturated carbocycles. The van der Waals surface area contributed by atoms with Gasteiger partial charge in [-0.1, -0.05) is 43.4 Å². The van der Waals surface area contributed by atoms with Crippen LogP contribution in [0.4, 0.5) is 0 Å². The maximum absolute atomic E-state index is 5.86. The molecule has 1 fully saturated rings. The van der Waals surface area contributed by atoms with Crippen molar-refractivity contribution < 1.29 is 4.52 Å². The summed E-state index contributed by atoms with van der Waals surface area (Å²) in [5.41, 5.74) is 0.929. The highest BCUT2D eigenvalue weighted by Crippen LogP contribution is 2.19. The molecular formula is C17H24ClN3O. The van der Waals surface area contributed by atoms with E-state index in [9.17, 15) is 0 Å². The first-order valence-electron chi connectivity index (χ1n) is 8.03. The van der Waals surface area contributed by atoms with Crippen LogP contribution >= 0.6 is 11.6 Å². The number of nitrogens with zero attached hydrogens (tertiary/aromatic N) is 3. The van der Waals surface area contributed by atoms with Crippen molar-refractivity contribution in [1.82, 2.24) is 15.0 Å². The zero-order valence-corrected chi connectivity index (χ0v) is 14.1. The van der Waals surface area contributed by atoms with Crippen LogP contribution < -0.4 is 0 Å². The van der Waals surface area contributed by atoms with Crippen molar-refractivity contribution in [1.29, 1.82) is 0 Å². The molecule has 5 heteroatoms. The minimum atomic E-state index is 0.628. The highest BCUT2D eigenvalue weighted by molar-refractivity contribution is 6.30. The second kappa shape index (κ2) is 8.91. The number of piperidine rings is 1. The predicted molar refractivity (Wildman–Crippen MR) is 89.8 cm³/mol. The van der Waals surface area contributed by atoms with Gasteiger partial charge in [-0.05, 0) is 50.2 Å². The van der Waals surface area contributed by atoms with E-state index in [0.29, 0.717) is 16.7 Å². The molecule has 1 saturated heterocycles. The Morgan fingerprint density at radius 2 is 1.73 bits per heavy atom. The van der Waals surface area contributed by atoms with E-state index in [4.69, 9.17) is 16.1 Å². The molecule has 0 bridgehead atoms. The van der Waals surface area contributed by atoms with Crippen LogP contribution in [0, 0.1) is 0 Å². The second-order valence-corrected chi connectivity index (χ2v) is 6.00. The molecule has 0 spiro atoms. The lowest BCUT2D eigenvalue weighted by atomic mass is 10.1. The van der Waals surface area contributed by atoms with E-state index in [0.717, 1.165) is 25.2 Å². The third-order valence-corrected chi connectivity index (χ3v) is 3.63. The summed E-state index contributed by atoms with van der Waals surface area (Å²) in [6, 6.07) is 7.46. The van der Waals surface area contributed by atoms with Crippen molar-refractivity contribution in [2.24, 2.45) is 0 Å². The van der Waals surface area contributed by atoms with Gasteiger partial charge in [-0.25, -0.2) is 0 Å². The van der Waals surface area contributed by atoms with Gasteiger partial charge in [0.15, 0.2) is 0 Å². The van der Waals surface area contributed by atoms with Gasteiger partial charge in [-0.3, -0.25) is 4.90 Å². The Kier molecular flexibility index (Phi) is 6.87. The van der Waals surface area contributed by atoms with Gasteiger partial charge < -0.3 is 4.52 Å². The van der Waals surface area contributed by atoms with Gasteiger partial charge in [0.05, 0.1) is 6.54 Å².